The minimum Gasteiger partial charge on any atom is -0.507 e. The van der Waals surface area contributed by atoms with Crippen molar-refractivity contribution in [2.24, 2.45) is 0 Å². The Balaban J connectivity index is 2.33. The number of hydrogen-bond donors (Lipinski definition) is 1. The summed E-state index contributed by atoms with van der Waals surface area (Å²) in [5, 5.41) is 10.1. The average Bonchev–Trinajstić information content (AvgIpc) is 2.79. The van der Waals surface area contributed by atoms with Gasteiger partial charge in [-0.2, -0.15) is 0 Å². The molecule has 0 aliphatic rings. The Bertz CT molecular complexity index is 746. The van der Waals surface area contributed by atoms with Crippen LogP contribution in [0.25, 0.3) is 22.4 Å². The van der Waals surface area contributed by atoms with Crippen LogP contribution in [-0.2, 0) is 6.54 Å². The first kappa shape index (κ1) is 11.7. The minimum atomic E-state index is 0.253. The highest BCUT2D eigenvalue weighted by Crippen LogP contribution is 2.31. The normalized spacial score (nSPS) is 11.1. The molecule has 0 unspecified atom stereocenters. The molecule has 2 aromatic heterocycles. The van der Waals surface area contributed by atoms with E-state index in [1.165, 1.54) is 0 Å². The van der Waals surface area contributed by atoms with Crippen molar-refractivity contribution >= 4 is 11.0 Å². The number of hydrogen-bond acceptors (Lipinski definition) is 3. The van der Waals surface area contributed by atoms with Gasteiger partial charge in [-0.1, -0.05) is 11.6 Å². The zero-order valence-corrected chi connectivity index (χ0v) is 11.0. The van der Waals surface area contributed by atoms with E-state index in [-0.39, 0.29) is 5.75 Å². The first-order chi connectivity index (χ1) is 9.20. The number of aromatic hydroxyl groups is 1. The number of nitrogens with zero attached hydrogens (tertiary/aromatic N) is 3. The third-order valence-corrected chi connectivity index (χ3v) is 3.26. The predicted molar refractivity (Wildman–Crippen MR) is 75.0 cm³/mol. The van der Waals surface area contributed by atoms with Crippen LogP contribution < -0.4 is 0 Å². The number of phenolic OH excluding ortho intramolecular Hbond substituents is 1. The van der Waals surface area contributed by atoms with Crippen LogP contribution in [0.3, 0.4) is 0 Å². The first-order valence-corrected chi connectivity index (χ1v) is 6.31. The summed E-state index contributed by atoms with van der Waals surface area (Å²) in [6, 6.07) is 7.50. The molecule has 0 saturated heterocycles. The number of rotatable bonds is 2. The smallest absolute Gasteiger partial charge is 0.144 e. The van der Waals surface area contributed by atoms with Gasteiger partial charge in [-0.05, 0) is 32.0 Å². The highest BCUT2D eigenvalue weighted by atomic mass is 16.3. The molecule has 0 fully saturated rings. The van der Waals surface area contributed by atoms with E-state index in [9.17, 15) is 5.11 Å². The molecule has 4 nitrogen and oxygen atoms in total. The fraction of sp³-hybridized carbons (Fsp3) is 0.200. The number of pyridine rings is 1. The molecule has 96 valence electrons. The lowest BCUT2D eigenvalue weighted by Crippen LogP contribution is -1.97. The van der Waals surface area contributed by atoms with Crippen molar-refractivity contribution in [2.45, 2.75) is 20.4 Å². The van der Waals surface area contributed by atoms with Crippen molar-refractivity contribution in [1.29, 1.82) is 0 Å². The van der Waals surface area contributed by atoms with Crippen molar-refractivity contribution in [1.82, 2.24) is 14.5 Å². The highest BCUT2D eigenvalue weighted by molar-refractivity contribution is 5.81. The summed E-state index contributed by atoms with van der Waals surface area (Å²) >= 11 is 0. The maximum atomic E-state index is 10.1. The van der Waals surface area contributed by atoms with Gasteiger partial charge < -0.3 is 9.67 Å². The van der Waals surface area contributed by atoms with E-state index in [4.69, 9.17) is 0 Å². The quantitative estimate of drug-likeness (QED) is 0.763. The zero-order valence-electron chi connectivity index (χ0n) is 11.0. The summed E-state index contributed by atoms with van der Waals surface area (Å²) < 4.78 is 2.09. The zero-order chi connectivity index (χ0) is 13.4. The Kier molecular flexibility index (Phi) is 2.71. The molecule has 0 radical (unpaired) electrons. The summed E-state index contributed by atoms with van der Waals surface area (Å²) in [6.07, 6.45) is 3.51. The topological polar surface area (TPSA) is 50.9 Å². The molecule has 0 bridgehead atoms. The van der Waals surface area contributed by atoms with E-state index < -0.39 is 0 Å². The molecular formula is C15H15N3O. The SMILES string of the molecule is CCn1c(-c2cc(C)ccc2O)nc2cnccc21. The van der Waals surface area contributed by atoms with Crippen molar-refractivity contribution in [2.75, 3.05) is 0 Å². The number of aromatic nitrogens is 3. The van der Waals surface area contributed by atoms with Gasteiger partial charge in [-0.3, -0.25) is 4.98 Å². The predicted octanol–water partition coefficient (Wildman–Crippen LogP) is 3.13. The van der Waals surface area contributed by atoms with Gasteiger partial charge in [-0.25, -0.2) is 4.98 Å². The van der Waals surface area contributed by atoms with Crippen LogP contribution >= 0.6 is 0 Å². The van der Waals surface area contributed by atoms with Crippen molar-refractivity contribution in [3.05, 3.63) is 42.2 Å². The lowest BCUT2D eigenvalue weighted by molar-refractivity contribution is 0.476. The standard InChI is InChI=1S/C15H15N3O/c1-3-18-13-6-7-16-9-12(13)17-15(18)11-8-10(2)4-5-14(11)19/h4-9,19H,3H2,1-2H3. The number of imidazole rings is 1. The summed E-state index contributed by atoms with van der Waals surface area (Å²) in [7, 11) is 0. The molecule has 1 N–H and O–H groups in total. The maximum absolute atomic E-state index is 10.1. The number of fused-ring (bicyclic) bond motifs is 1. The number of aryl methyl sites for hydroxylation is 2. The summed E-state index contributed by atoms with van der Waals surface area (Å²) in [4.78, 5) is 8.69. The molecular weight excluding hydrogens is 238 g/mol. The molecule has 0 spiro atoms. The molecule has 19 heavy (non-hydrogen) atoms. The third kappa shape index (κ3) is 1.85. The first-order valence-electron chi connectivity index (χ1n) is 6.31. The van der Waals surface area contributed by atoms with Crippen LogP contribution in [0.1, 0.15) is 12.5 Å². The molecule has 0 atom stereocenters. The largest absolute Gasteiger partial charge is 0.507 e. The number of phenols is 1. The van der Waals surface area contributed by atoms with E-state index in [1.54, 1.807) is 18.5 Å². The van der Waals surface area contributed by atoms with E-state index >= 15 is 0 Å². The van der Waals surface area contributed by atoms with E-state index in [0.29, 0.717) is 0 Å². The fourth-order valence-electron chi connectivity index (χ4n) is 2.34. The van der Waals surface area contributed by atoms with Crippen LogP contribution in [0.2, 0.25) is 0 Å². The summed E-state index contributed by atoms with van der Waals surface area (Å²) in [5.41, 5.74) is 3.74. The van der Waals surface area contributed by atoms with Gasteiger partial charge in [0.05, 0.1) is 17.3 Å². The third-order valence-electron chi connectivity index (χ3n) is 3.26. The molecule has 4 heteroatoms. The van der Waals surface area contributed by atoms with Crippen molar-refractivity contribution in [3.8, 4) is 17.1 Å². The molecule has 3 rings (SSSR count). The second-order valence-corrected chi connectivity index (χ2v) is 4.56. The van der Waals surface area contributed by atoms with Gasteiger partial charge in [0, 0.05) is 12.7 Å². The van der Waals surface area contributed by atoms with Gasteiger partial charge in [-0.15, -0.1) is 0 Å². The average molecular weight is 253 g/mol. The van der Waals surface area contributed by atoms with Crippen LogP contribution in [0, 0.1) is 6.92 Å². The van der Waals surface area contributed by atoms with E-state index in [0.717, 1.165) is 34.5 Å². The van der Waals surface area contributed by atoms with Gasteiger partial charge in [0.15, 0.2) is 0 Å². The van der Waals surface area contributed by atoms with Crippen molar-refractivity contribution in [3.63, 3.8) is 0 Å². The lowest BCUT2D eigenvalue weighted by Gasteiger charge is -2.08. The van der Waals surface area contributed by atoms with Crippen LogP contribution in [0.5, 0.6) is 5.75 Å². The van der Waals surface area contributed by atoms with Crippen molar-refractivity contribution < 1.29 is 5.11 Å². The molecule has 3 aromatic rings. The van der Waals surface area contributed by atoms with E-state index in [2.05, 4.69) is 21.5 Å². The Morgan fingerprint density at radius 3 is 2.89 bits per heavy atom. The van der Waals surface area contributed by atoms with E-state index in [1.807, 2.05) is 25.1 Å². The van der Waals surface area contributed by atoms with Gasteiger partial charge >= 0.3 is 0 Å². The monoisotopic (exact) mass is 253 g/mol. The molecule has 0 amide bonds. The molecule has 0 aliphatic heterocycles. The summed E-state index contributed by atoms with van der Waals surface area (Å²) in [6.45, 7) is 4.87. The van der Waals surface area contributed by atoms with Crippen LogP contribution in [0.15, 0.2) is 36.7 Å². The molecule has 0 saturated carbocycles. The second-order valence-electron chi connectivity index (χ2n) is 4.56. The molecule has 2 heterocycles. The Morgan fingerprint density at radius 2 is 2.11 bits per heavy atom. The van der Waals surface area contributed by atoms with Gasteiger partial charge in [0.2, 0.25) is 0 Å². The Hall–Kier alpha value is -2.36. The summed E-state index contributed by atoms with van der Waals surface area (Å²) in [5.74, 6) is 1.04. The van der Waals surface area contributed by atoms with Crippen LogP contribution in [-0.4, -0.2) is 19.6 Å². The fourth-order valence-corrected chi connectivity index (χ4v) is 2.34. The van der Waals surface area contributed by atoms with Crippen LogP contribution in [0.4, 0.5) is 0 Å². The maximum Gasteiger partial charge on any atom is 0.144 e. The number of benzene rings is 1. The second kappa shape index (κ2) is 4.39. The highest BCUT2D eigenvalue weighted by Gasteiger charge is 2.14. The Morgan fingerprint density at radius 1 is 1.26 bits per heavy atom. The minimum absolute atomic E-state index is 0.253. The molecule has 0 aliphatic carbocycles. The van der Waals surface area contributed by atoms with Gasteiger partial charge in [0.1, 0.15) is 17.1 Å². The lowest BCUT2D eigenvalue weighted by atomic mass is 10.1. The molecule has 1 aromatic carbocycles. The van der Waals surface area contributed by atoms with Gasteiger partial charge in [0.25, 0.3) is 0 Å². The Labute approximate surface area is 111 Å².